The van der Waals surface area contributed by atoms with Crippen LogP contribution >= 0.6 is 0 Å². The van der Waals surface area contributed by atoms with E-state index in [2.05, 4.69) is 10.6 Å². The van der Waals surface area contributed by atoms with Crippen molar-refractivity contribution >= 4 is 11.6 Å². The molecule has 0 aliphatic carbocycles. The Bertz CT molecular complexity index is 738. The first kappa shape index (κ1) is 15.6. The standard InChI is InChI=1S/C17H15F3N2O/c1-10-16(23)22-15-7-4-12(8-13(15)9-21-10)11-2-5-14(6-3-11)17(18,19)20/h2-8,10,21H,9H2,1H3,(H,22,23)/t10-/m0/s1. The summed E-state index contributed by atoms with van der Waals surface area (Å²) in [4.78, 5) is 11.8. The number of carbonyl (C=O) groups excluding carboxylic acids is 1. The highest BCUT2D eigenvalue weighted by Crippen LogP contribution is 2.32. The number of nitrogens with one attached hydrogen (secondary N) is 2. The maximum atomic E-state index is 12.6. The summed E-state index contributed by atoms with van der Waals surface area (Å²) >= 11 is 0. The van der Waals surface area contributed by atoms with Gasteiger partial charge < -0.3 is 10.6 Å². The Balaban J connectivity index is 1.92. The van der Waals surface area contributed by atoms with Crippen LogP contribution in [0.3, 0.4) is 0 Å². The molecule has 0 aromatic heterocycles. The van der Waals surface area contributed by atoms with Gasteiger partial charge in [0.25, 0.3) is 0 Å². The number of rotatable bonds is 1. The Morgan fingerprint density at radius 3 is 2.35 bits per heavy atom. The third-order valence-corrected chi connectivity index (χ3v) is 3.90. The van der Waals surface area contributed by atoms with E-state index in [1.807, 2.05) is 6.07 Å². The minimum atomic E-state index is -4.34. The van der Waals surface area contributed by atoms with Gasteiger partial charge >= 0.3 is 6.18 Å². The van der Waals surface area contributed by atoms with E-state index in [9.17, 15) is 18.0 Å². The molecule has 120 valence electrons. The molecular weight excluding hydrogens is 305 g/mol. The number of hydrogen-bond donors (Lipinski definition) is 2. The van der Waals surface area contributed by atoms with Crippen LogP contribution < -0.4 is 10.6 Å². The third-order valence-electron chi connectivity index (χ3n) is 3.90. The molecule has 0 fully saturated rings. The van der Waals surface area contributed by atoms with Crippen LogP contribution in [-0.2, 0) is 17.5 Å². The molecule has 2 aromatic carbocycles. The molecule has 0 unspecified atom stereocenters. The van der Waals surface area contributed by atoms with E-state index >= 15 is 0 Å². The summed E-state index contributed by atoms with van der Waals surface area (Å²) in [5.74, 6) is -0.106. The fraction of sp³-hybridized carbons (Fsp3) is 0.235. The summed E-state index contributed by atoms with van der Waals surface area (Å²) in [6.07, 6.45) is -4.34. The largest absolute Gasteiger partial charge is 0.416 e. The molecule has 0 saturated carbocycles. The molecule has 2 aromatic rings. The van der Waals surface area contributed by atoms with Crippen molar-refractivity contribution in [1.82, 2.24) is 5.32 Å². The second-order valence-corrected chi connectivity index (χ2v) is 5.54. The summed E-state index contributed by atoms with van der Waals surface area (Å²) in [5.41, 5.74) is 2.47. The van der Waals surface area contributed by atoms with Gasteiger partial charge in [-0.1, -0.05) is 18.2 Å². The van der Waals surface area contributed by atoms with E-state index in [-0.39, 0.29) is 11.9 Å². The number of amides is 1. The second-order valence-electron chi connectivity index (χ2n) is 5.54. The average Bonchev–Trinajstić information content (AvgIpc) is 2.66. The first-order chi connectivity index (χ1) is 10.8. The molecule has 23 heavy (non-hydrogen) atoms. The van der Waals surface area contributed by atoms with Crippen molar-refractivity contribution in [2.45, 2.75) is 25.7 Å². The fourth-order valence-electron chi connectivity index (χ4n) is 2.49. The molecule has 3 nitrogen and oxygen atoms in total. The monoisotopic (exact) mass is 320 g/mol. The number of hydrogen-bond acceptors (Lipinski definition) is 2. The first-order valence-electron chi connectivity index (χ1n) is 7.19. The van der Waals surface area contributed by atoms with Crippen LogP contribution in [0.25, 0.3) is 11.1 Å². The molecule has 0 bridgehead atoms. The van der Waals surface area contributed by atoms with Crippen molar-refractivity contribution in [2.24, 2.45) is 0 Å². The van der Waals surface area contributed by atoms with E-state index in [1.165, 1.54) is 12.1 Å². The second kappa shape index (κ2) is 5.70. The quantitative estimate of drug-likeness (QED) is 0.839. The van der Waals surface area contributed by atoms with Gasteiger partial charge in [-0.15, -0.1) is 0 Å². The van der Waals surface area contributed by atoms with Crippen LogP contribution in [0.5, 0.6) is 0 Å². The Morgan fingerprint density at radius 2 is 1.70 bits per heavy atom. The summed E-state index contributed by atoms with van der Waals surface area (Å²) in [6.45, 7) is 2.29. The average molecular weight is 320 g/mol. The highest BCUT2D eigenvalue weighted by atomic mass is 19.4. The zero-order valence-corrected chi connectivity index (χ0v) is 12.4. The minimum absolute atomic E-state index is 0.106. The van der Waals surface area contributed by atoms with Crippen LogP contribution in [0.15, 0.2) is 42.5 Å². The Kier molecular flexibility index (Phi) is 3.85. The van der Waals surface area contributed by atoms with Gasteiger partial charge in [-0.2, -0.15) is 13.2 Å². The molecule has 0 saturated heterocycles. The van der Waals surface area contributed by atoms with Crippen molar-refractivity contribution in [3.8, 4) is 11.1 Å². The maximum absolute atomic E-state index is 12.6. The van der Waals surface area contributed by atoms with Crippen LogP contribution in [0.4, 0.5) is 18.9 Å². The lowest BCUT2D eigenvalue weighted by Gasteiger charge is -2.11. The molecule has 1 atom stereocenters. The van der Waals surface area contributed by atoms with Gasteiger partial charge in [0, 0.05) is 12.2 Å². The molecule has 6 heteroatoms. The number of anilines is 1. The van der Waals surface area contributed by atoms with Gasteiger partial charge in [0.15, 0.2) is 0 Å². The van der Waals surface area contributed by atoms with Crippen molar-refractivity contribution in [3.05, 3.63) is 53.6 Å². The Morgan fingerprint density at radius 1 is 1.04 bits per heavy atom. The zero-order valence-electron chi connectivity index (χ0n) is 12.4. The van der Waals surface area contributed by atoms with Crippen LogP contribution in [-0.4, -0.2) is 11.9 Å². The first-order valence-corrected chi connectivity index (χ1v) is 7.19. The van der Waals surface area contributed by atoms with Gasteiger partial charge in [0.2, 0.25) is 5.91 Å². The maximum Gasteiger partial charge on any atom is 0.416 e. The summed E-state index contributed by atoms with van der Waals surface area (Å²) in [7, 11) is 0. The topological polar surface area (TPSA) is 41.1 Å². The molecule has 3 rings (SSSR count). The van der Waals surface area contributed by atoms with Gasteiger partial charge in [0.1, 0.15) is 0 Å². The Hall–Kier alpha value is -2.34. The number of carbonyl (C=O) groups is 1. The van der Waals surface area contributed by atoms with Crippen molar-refractivity contribution in [2.75, 3.05) is 5.32 Å². The lowest BCUT2D eigenvalue weighted by atomic mass is 10.0. The molecule has 1 amide bonds. The lowest BCUT2D eigenvalue weighted by Crippen LogP contribution is -2.34. The van der Waals surface area contributed by atoms with E-state index in [0.717, 1.165) is 28.9 Å². The molecular formula is C17H15F3N2O. The normalized spacial score (nSPS) is 18.1. The summed E-state index contributed by atoms with van der Waals surface area (Å²) in [6, 6.07) is 10.2. The van der Waals surface area contributed by atoms with E-state index in [1.54, 1.807) is 19.1 Å². The number of benzene rings is 2. The molecule has 1 heterocycles. The van der Waals surface area contributed by atoms with Gasteiger partial charge in [0.05, 0.1) is 11.6 Å². The minimum Gasteiger partial charge on any atom is -0.324 e. The number of halogens is 3. The predicted octanol–water partition coefficient (Wildman–Crippen LogP) is 3.80. The van der Waals surface area contributed by atoms with Crippen molar-refractivity contribution < 1.29 is 18.0 Å². The van der Waals surface area contributed by atoms with Gasteiger partial charge in [-0.3, -0.25) is 4.79 Å². The van der Waals surface area contributed by atoms with Gasteiger partial charge in [-0.05, 0) is 47.9 Å². The molecule has 0 spiro atoms. The summed E-state index contributed by atoms with van der Waals surface area (Å²) < 4.78 is 37.9. The lowest BCUT2D eigenvalue weighted by molar-refractivity contribution is -0.137. The third kappa shape index (κ3) is 3.22. The molecule has 1 aliphatic rings. The highest BCUT2D eigenvalue weighted by molar-refractivity contribution is 5.96. The molecule has 0 radical (unpaired) electrons. The molecule has 1 aliphatic heterocycles. The van der Waals surface area contributed by atoms with Crippen molar-refractivity contribution in [3.63, 3.8) is 0 Å². The van der Waals surface area contributed by atoms with Crippen LogP contribution in [0, 0.1) is 0 Å². The predicted molar refractivity (Wildman–Crippen MR) is 81.8 cm³/mol. The molecule has 2 N–H and O–H groups in total. The van der Waals surface area contributed by atoms with Crippen LogP contribution in [0.2, 0.25) is 0 Å². The van der Waals surface area contributed by atoms with E-state index in [0.29, 0.717) is 12.1 Å². The SMILES string of the molecule is C[C@@H]1NCc2cc(-c3ccc(C(F)(F)F)cc3)ccc2NC1=O. The fourth-order valence-corrected chi connectivity index (χ4v) is 2.49. The van der Waals surface area contributed by atoms with Crippen molar-refractivity contribution in [1.29, 1.82) is 0 Å². The number of fused-ring (bicyclic) bond motifs is 1. The Labute approximate surface area is 131 Å². The van der Waals surface area contributed by atoms with E-state index in [4.69, 9.17) is 0 Å². The number of alkyl halides is 3. The smallest absolute Gasteiger partial charge is 0.324 e. The van der Waals surface area contributed by atoms with Crippen LogP contribution in [0.1, 0.15) is 18.1 Å². The highest BCUT2D eigenvalue weighted by Gasteiger charge is 2.30. The zero-order chi connectivity index (χ0) is 16.6. The van der Waals surface area contributed by atoms with E-state index < -0.39 is 11.7 Å². The summed E-state index contributed by atoms with van der Waals surface area (Å²) in [5, 5.41) is 5.93. The van der Waals surface area contributed by atoms with Gasteiger partial charge in [-0.25, -0.2) is 0 Å².